The van der Waals surface area contributed by atoms with E-state index in [2.05, 4.69) is 191 Å². The normalized spacial score (nSPS) is 16.4. The first-order valence-corrected chi connectivity index (χ1v) is 27.9. The summed E-state index contributed by atoms with van der Waals surface area (Å²) >= 11 is 0. The third-order valence-corrected chi connectivity index (χ3v) is 16.7. The number of hydrogen-bond acceptors (Lipinski definition) is 4. The number of ether oxygens (including phenoxy) is 1. The second-order valence-corrected chi connectivity index (χ2v) is 26.3. The van der Waals surface area contributed by atoms with Crippen LogP contribution in [0.15, 0.2) is 188 Å². The Morgan fingerprint density at radius 1 is 0.494 bits per heavy atom. The highest BCUT2D eigenvalue weighted by molar-refractivity contribution is 6.09. The summed E-state index contributed by atoms with van der Waals surface area (Å²) < 4.78 is 74.7. The molecule has 0 unspecified atom stereocenters. The van der Waals surface area contributed by atoms with Gasteiger partial charge in [-0.25, -0.2) is 4.98 Å². The van der Waals surface area contributed by atoms with E-state index in [4.69, 9.17) is 13.8 Å². The highest BCUT2D eigenvalue weighted by Gasteiger charge is 2.38. The molecule has 2 aromatic heterocycles. The van der Waals surface area contributed by atoms with Crippen molar-refractivity contribution in [2.45, 2.75) is 130 Å². The zero-order valence-corrected chi connectivity index (χ0v) is 48.2. The van der Waals surface area contributed by atoms with Gasteiger partial charge in [0.15, 0.2) is 0 Å². The molecule has 0 fully saturated rings. The number of nitrogens with zero attached hydrogens (tertiary/aromatic N) is 4. The summed E-state index contributed by atoms with van der Waals surface area (Å²) in [6.45, 7) is 28.8. The molecule has 12 rings (SSSR count). The van der Waals surface area contributed by atoms with Crippen LogP contribution in [0.4, 0.5) is 22.7 Å². The molecule has 1 aliphatic carbocycles. The van der Waals surface area contributed by atoms with E-state index in [1.54, 1.807) is 6.20 Å². The van der Waals surface area contributed by atoms with Gasteiger partial charge in [-0.3, -0.25) is 4.57 Å². The second-order valence-electron chi connectivity index (χ2n) is 26.3. The smallest absolute Gasteiger partial charge is 0.137 e. The van der Waals surface area contributed by atoms with Crippen LogP contribution in [0.3, 0.4) is 0 Å². The van der Waals surface area contributed by atoms with Crippen molar-refractivity contribution in [3.8, 4) is 50.7 Å². The Kier molecular flexibility index (Phi) is 10.5. The molecule has 0 atom stereocenters. The van der Waals surface area contributed by atoms with Crippen molar-refractivity contribution in [3.05, 3.63) is 216 Å². The number of anilines is 4. The number of rotatable bonds is 8. The molecule has 79 heavy (non-hydrogen) atoms. The number of benzene rings is 8. The van der Waals surface area contributed by atoms with Crippen LogP contribution in [0.1, 0.15) is 140 Å². The van der Waals surface area contributed by atoms with E-state index in [0.717, 1.165) is 85.7 Å². The Morgan fingerprint density at radius 3 is 1.78 bits per heavy atom. The summed E-state index contributed by atoms with van der Waals surface area (Å²) in [5.74, 6) is 1.62. The number of hydrogen-bond donors (Lipinski definition) is 0. The van der Waals surface area contributed by atoms with Crippen LogP contribution in [0.2, 0.25) is 0 Å². The zero-order chi connectivity index (χ0) is 61.5. The molecule has 2 aliphatic rings. The molecule has 8 aromatic carbocycles. The van der Waals surface area contributed by atoms with Crippen molar-refractivity contribution in [3.63, 3.8) is 0 Å². The van der Waals surface area contributed by atoms with Crippen molar-refractivity contribution in [2.75, 3.05) is 16.5 Å². The molecule has 398 valence electrons. The van der Waals surface area contributed by atoms with Crippen LogP contribution in [-0.2, 0) is 27.1 Å². The van der Waals surface area contributed by atoms with Gasteiger partial charge in [-0.1, -0.05) is 193 Å². The van der Waals surface area contributed by atoms with Crippen LogP contribution in [0, 0.1) is 0 Å². The average molecular weight is 1040 g/mol. The van der Waals surface area contributed by atoms with E-state index in [1.165, 1.54) is 5.56 Å². The van der Waals surface area contributed by atoms with E-state index in [0.29, 0.717) is 57.4 Å². The van der Waals surface area contributed by atoms with Crippen LogP contribution in [-0.4, -0.2) is 16.2 Å². The fourth-order valence-electron chi connectivity index (χ4n) is 11.7. The van der Waals surface area contributed by atoms with Gasteiger partial charge >= 0.3 is 0 Å². The van der Waals surface area contributed by atoms with Crippen molar-refractivity contribution < 1.29 is 14.3 Å². The number of fused-ring (bicyclic) bond motifs is 5. The molecule has 0 spiro atoms. The van der Waals surface area contributed by atoms with Gasteiger partial charge in [-0.05, 0) is 157 Å². The van der Waals surface area contributed by atoms with Gasteiger partial charge in [0.05, 0.1) is 37.7 Å². The summed E-state index contributed by atoms with van der Waals surface area (Å²) in [6.07, 6.45) is 3.48. The Morgan fingerprint density at radius 2 is 1.10 bits per heavy atom. The molecule has 0 saturated carbocycles. The average Bonchev–Trinajstić information content (AvgIpc) is 1.18. The van der Waals surface area contributed by atoms with Crippen molar-refractivity contribution in [2.24, 2.45) is 0 Å². The van der Waals surface area contributed by atoms with Crippen molar-refractivity contribution in [1.29, 1.82) is 0 Å². The number of para-hydroxylation sites is 3. The standard InChI is InChI=1S/C74H76N4O/c1-70(2,3)52-32-29-49(30-33-52)48-25-27-50(28-26-48)60-42-54(72(7,8)9)43-61(51-31-36-62-63(41-51)74(12,13)39-38-73(62,10)11)69(60)77-47-76(65-23-16-17-24-66(65)77)55-19-18-20-56(45-55)79-57-34-35-59-58-21-14-15-22-64(58)78(67(59)46-57)68-44-53(37-40-75-68)71(4,5)6/h14-37,40-46H,38-39,47H2,1-13H3/i14D,15D,21D,22D,31D,36D,41D. The first-order valence-electron chi connectivity index (χ1n) is 31.4. The third-order valence-electron chi connectivity index (χ3n) is 16.7. The van der Waals surface area contributed by atoms with E-state index in [1.807, 2.05) is 53.1 Å². The molecule has 1 aliphatic heterocycles. The fraction of sp³-hybridized carbons (Fsp3) is 0.284. The van der Waals surface area contributed by atoms with Crippen molar-refractivity contribution in [1.82, 2.24) is 9.55 Å². The molecule has 0 saturated heterocycles. The summed E-state index contributed by atoms with van der Waals surface area (Å²) in [5, 5.41) is 1.06. The molecule has 0 radical (unpaired) electrons. The summed E-state index contributed by atoms with van der Waals surface area (Å²) in [7, 11) is 0. The summed E-state index contributed by atoms with van der Waals surface area (Å²) in [6, 6.07) is 47.8. The lowest BCUT2D eigenvalue weighted by atomic mass is 9.63. The third kappa shape index (κ3) is 9.49. The van der Waals surface area contributed by atoms with Gasteiger partial charge in [0.2, 0.25) is 0 Å². The van der Waals surface area contributed by atoms with E-state index in [9.17, 15) is 5.48 Å². The SMILES string of the molecule is [2H]c1c([2H])c2c(c([2H])c1-c1cc(C(C)(C)C)cc(-c3ccc(-c4ccc(C(C)(C)C)cc4)cc3)c1N1CN(c3cccc(Oc4ccc5c6c([2H])c([2H])c([2H])c([2H])c6n(-c6cc(C(C)(C)C)ccn6)c5c4)c3)c3ccccc31)C(C)(C)CCC2(C)C. The first-order chi connectivity index (χ1) is 40.4. The van der Waals surface area contributed by atoms with E-state index in [-0.39, 0.29) is 57.9 Å². The quantitative estimate of drug-likeness (QED) is 0.152. The lowest BCUT2D eigenvalue weighted by Crippen LogP contribution is -2.33. The summed E-state index contributed by atoms with van der Waals surface area (Å²) in [5.41, 5.74) is 13.7. The van der Waals surface area contributed by atoms with Crippen LogP contribution in [0.25, 0.3) is 61.0 Å². The van der Waals surface area contributed by atoms with Gasteiger partial charge in [0.1, 0.15) is 24.0 Å². The van der Waals surface area contributed by atoms with Crippen molar-refractivity contribution >= 4 is 44.6 Å². The summed E-state index contributed by atoms with van der Waals surface area (Å²) in [4.78, 5) is 9.39. The Labute approximate surface area is 479 Å². The molecular formula is C74H76N4O. The zero-order valence-electron chi connectivity index (χ0n) is 55.2. The highest BCUT2D eigenvalue weighted by atomic mass is 16.5. The highest BCUT2D eigenvalue weighted by Crippen LogP contribution is 2.54. The fourth-order valence-corrected chi connectivity index (χ4v) is 11.7. The topological polar surface area (TPSA) is 33.5 Å². The molecule has 3 heterocycles. The lowest BCUT2D eigenvalue weighted by molar-refractivity contribution is 0.332. The van der Waals surface area contributed by atoms with Crippen LogP contribution >= 0.6 is 0 Å². The first kappa shape index (κ1) is 44.0. The molecule has 0 bridgehead atoms. The molecular weight excluding hydrogens is 961 g/mol. The Balaban J connectivity index is 1.01. The minimum atomic E-state index is -0.398. The number of pyridine rings is 1. The van der Waals surface area contributed by atoms with Gasteiger partial charge in [-0.15, -0.1) is 0 Å². The molecule has 0 amide bonds. The minimum Gasteiger partial charge on any atom is -0.457 e. The maximum absolute atomic E-state index is 10.4. The maximum atomic E-state index is 10.4. The number of aromatic nitrogens is 2. The lowest BCUT2D eigenvalue weighted by Gasteiger charge is -2.42. The Bertz CT molecular complexity index is 4390. The molecule has 10 aromatic rings. The predicted molar refractivity (Wildman–Crippen MR) is 335 cm³/mol. The van der Waals surface area contributed by atoms with Gasteiger partial charge < -0.3 is 14.5 Å². The molecule has 5 nitrogen and oxygen atoms in total. The second kappa shape index (κ2) is 18.9. The predicted octanol–water partition coefficient (Wildman–Crippen LogP) is 20.5. The largest absolute Gasteiger partial charge is 0.457 e. The van der Waals surface area contributed by atoms with Gasteiger partial charge in [-0.2, -0.15) is 0 Å². The van der Waals surface area contributed by atoms with Crippen LogP contribution < -0.4 is 14.5 Å². The van der Waals surface area contributed by atoms with Gasteiger partial charge in [0, 0.05) is 45.9 Å². The van der Waals surface area contributed by atoms with E-state index >= 15 is 0 Å². The van der Waals surface area contributed by atoms with E-state index < -0.39 is 5.41 Å². The molecule has 0 N–H and O–H groups in total. The molecule has 5 heteroatoms. The van der Waals surface area contributed by atoms with Gasteiger partial charge in [0.25, 0.3) is 0 Å². The minimum absolute atomic E-state index is 0.0303. The van der Waals surface area contributed by atoms with Crippen LogP contribution in [0.5, 0.6) is 11.5 Å². The Hall–Kier alpha value is -7.89. The maximum Gasteiger partial charge on any atom is 0.137 e. The monoisotopic (exact) mass is 1040 g/mol.